The van der Waals surface area contributed by atoms with E-state index < -0.39 is 0 Å². The SMILES string of the molecule is CC.CCCC(C)(CC)c1ccc2c(c1)C=C(C(C)(CC)CC)C2. The Hall–Kier alpha value is -1.04. The van der Waals surface area contributed by atoms with E-state index >= 15 is 0 Å². The Morgan fingerprint density at radius 1 is 0.875 bits per heavy atom. The van der Waals surface area contributed by atoms with Crippen LogP contribution < -0.4 is 0 Å². The third-order valence-corrected chi connectivity index (χ3v) is 6.47. The molecule has 0 heterocycles. The molecule has 1 atom stereocenters. The van der Waals surface area contributed by atoms with Gasteiger partial charge in [0.1, 0.15) is 0 Å². The summed E-state index contributed by atoms with van der Waals surface area (Å²) in [6.45, 7) is 18.1. The van der Waals surface area contributed by atoms with Gasteiger partial charge in [-0.25, -0.2) is 0 Å². The fourth-order valence-electron chi connectivity index (χ4n) is 3.88. The van der Waals surface area contributed by atoms with E-state index in [0.717, 1.165) is 6.42 Å². The van der Waals surface area contributed by atoms with Gasteiger partial charge in [-0.05, 0) is 59.6 Å². The van der Waals surface area contributed by atoms with Crippen LogP contribution in [-0.2, 0) is 11.8 Å². The van der Waals surface area contributed by atoms with Crippen molar-refractivity contribution in [2.24, 2.45) is 5.41 Å². The number of allylic oxidation sites excluding steroid dienone is 1. The maximum atomic E-state index is 2.49. The standard InChI is InChI=1S/C22H34.C2H6/c1-7-13-22(6,10-4)19-12-11-17-14-20(16-18(17)15-19)21(5,8-2)9-3;1-2/h11-12,15-16H,7-10,13-14H2,1-6H3;1-2H3. The van der Waals surface area contributed by atoms with Gasteiger partial charge in [-0.3, -0.25) is 0 Å². The minimum Gasteiger partial charge on any atom is -0.0683 e. The van der Waals surface area contributed by atoms with Crippen LogP contribution in [0.5, 0.6) is 0 Å². The summed E-state index contributed by atoms with van der Waals surface area (Å²) < 4.78 is 0. The highest BCUT2D eigenvalue weighted by Gasteiger charge is 2.30. The predicted octanol–water partition coefficient (Wildman–Crippen LogP) is 7.95. The Bertz CT molecular complexity index is 545. The molecule has 0 saturated carbocycles. The zero-order chi connectivity index (χ0) is 18.4. The zero-order valence-corrected chi connectivity index (χ0v) is 17.6. The molecule has 1 aromatic rings. The van der Waals surface area contributed by atoms with E-state index in [2.05, 4.69) is 65.8 Å². The number of fused-ring (bicyclic) bond motifs is 1. The predicted molar refractivity (Wildman–Crippen MR) is 111 cm³/mol. The number of hydrogen-bond acceptors (Lipinski definition) is 0. The average Bonchev–Trinajstić information content (AvgIpc) is 3.06. The van der Waals surface area contributed by atoms with Gasteiger partial charge in [-0.2, -0.15) is 0 Å². The average molecular weight is 329 g/mol. The second-order valence-corrected chi connectivity index (χ2v) is 7.69. The molecule has 2 rings (SSSR count). The fraction of sp³-hybridized carbons (Fsp3) is 0.667. The van der Waals surface area contributed by atoms with Crippen LogP contribution in [0.2, 0.25) is 0 Å². The maximum Gasteiger partial charge on any atom is -0.00524 e. The normalized spacial score (nSPS) is 15.9. The molecule has 0 aromatic heterocycles. The molecule has 1 aliphatic carbocycles. The lowest BCUT2D eigenvalue weighted by Gasteiger charge is -2.29. The number of hydrogen-bond donors (Lipinski definition) is 0. The summed E-state index contributed by atoms with van der Waals surface area (Å²) in [5.74, 6) is 0. The summed E-state index contributed by atoms with van der Waals surface area (Å²) in [5.41, 5.74) is 6.88. The van der Waals surface area contributed by atoms with Crippen LogP contribution in [0.25, 0.3) is 6.08 Å². The van der Waals surface area contributed by atoms with Gasteiger partial charge >= 0.3 is 0 Å². The van der Waals surface area contributed by atoms with Crippen molar-refractivity contribution in [1.29, 1.82) is 0 Å². The minimum atomic E-state index is 0.333. The second-order valence-electron chi connectivity index (χ2n) is 7.69. The van der Waals surface area contributed by atoms with E-state index in [4.69, 9.17) is 0 Å². The largest absolute Gasteiger partial charge is 0.0683 e. The van der Waals surface area contributed by atoms with E-state index in [-0.39, 0.29) is 0 Å². The van der Waals surface area contributed by atoms with Gasteiger partial charge in [-0.1, -0.05) is 91.7 Å². The summed E-state index contributed by atoms with van der Waals surface area (Å²) in [4.78, 5) is 0. The van der Waals surface area contributed by atoms with E-state index in [1.54, 1.807) is 5.57 Å². The minimum absolute atomic E-state index is 0.333. The number of benzene rings is 1. The van der Waals surface area contributed by atoms with Gasteiger partial charge in [0, 0.05) is 0 Å². The molecule has 0 fully saturated rings. The first-order chi connectivity index (χ1) is 11.4. The monoisotopic (exact) mass is 328 g/mol. The molecule has 24 heavy (non-hydrogen) atoms. The van der Waals surface area contributed by atoms with Crippen molar-refractivity contribution in [3.05, 3.63) is 40.5 Å². The van der Waals surface area contributed by atoms with Gasteiger partial charge in [0.25, 0.3) is 0 Å². The molecule has 0 saturated heterocycles. The zero-order valence-electron chi connectivity index (χ0n) is 17.6. The summed E-state index contributed by atoms with van der Waals surface area (Å²) in [6, 6.07) is 7.26. The maximum absolute atomic E-state index is 2.49. The third-order valence-electron chi connectivity index (χ3n) is 6.47. The lowest BCUT2D eigenvalue weighted by atomic mass is 9.76. The van der Waals surface area contributed by atoms with Crippen molar-refractivity contribution in [3.8, 4) is 0 Å². The van der Waals surface area contributed by atoms with Crippen molar-refractivity contribution < 1.29 is 0 Å². The van der Waals surface area contributed by atoms with Gasteiger partial charge in [-0.15, -0.1) is 0 Å². The third kappa shape index (κ3) is 4.13. The molecule has 0 amide bonds. The van der Waals surface area contributed by atoms with E-state index in [9.17, 15) is 0 Å². The molecule has 0 N–H and O–H groups in total. The molecule has 0 spiro atoms. The highest BCUT2D eigenvalue weighted by molar-refractivity contribution is 5.66. The summed E-state index contributed by atoms with van der Waals surface area (Å²) in [5, 5.41) is 0. The van der Waals surface area contributed by atoms with Crippen molar-refractivity contribution in [2.45, 2.75) is 99.3 Å². The second kappa shape index (κ2) is 8.88. The Labute approximate surface area is 151 Å². The van der Waals surface area contributed by atoms with E-state index in [1.807, 2.05) is 13.8 Å². The highest BCUT2D eigenvalue weighted by Crippen LogP contribution is 2.43. The topological polar surface area (TPSA) is 0 Å². The van der Waals surface area contributed by atoms with Gasteiger partial charge < -0.3 is 0 Å². The molecule has 0 bridgehead atoms. The molecule has 0 nitrogen and oxygen atoms in total. The molecule has 1 aromatic carbocycles. The first kappa shape index (κ1) is 21.0. The van der Waals surface area contributed by atoms with Crippen molar-refractivity contribution >= 4 is 6.08 Å². The van der Waals surface area contributed by atoms with Crippen LogP contribution in [0.4, 0.5) is 0 Å². The number of rotatable bonds is 7. The van der Waals surface area contributed by atoms with Crippen LogP contribution >= 0.6 is 0 Å². The Morgan fingerprint density at radius 2 is 1.46 bits per heavy atom. The van der Waals surface area contributed by atoms with E-state index in [0.29, 0.717) is 10.8 Å². The lowest BCUT2D eigenvalue weighted by molar-refractivity contribution is 0.365. The van der Waals surface area contributed by atoms with Crippen LogP contribution in [0, 0.1) is 5.41 Å². The van der Waals surface area contributed by atoms with Crippen LogP contribution in [-0.4, -0.2) is 0 Å². The van der Waals surface area contributed by atoms with Gasteiger partial charge in [0.15, 0.2) is 0 Å². The van der Waals surface area contributed by atoms with E-state index in [1.165, 1.54) is 48.8 Å². The first-order valence-electron chi connectivity index (χ1n) is 10.3. The Morgan fingerprint density at radius 3 is 1.96 bits per heavy atom. The quantitative estimate of drug-likeness (QED) is 0.476. The molecular weight excluding hydrogens is 288 g/mol. The Balaban J connectivity index is 0.00000139. The smallest absolute Gasteiger partial charge is 0.00524 e. The van der Waals surface area contributed by atoms with Gasteiger partial charge in [0.2, 0.25) is 0 Å². The lowest BCUT2D eigenvalue weighted by Crippen LogP contribution is -2.20. The van der Waals surface area contributed by atoms with Crippen molar-refractivity contribution in [2.75, 3.05) is 0 Å². The fourth-order valence-corrected chi connectivity index (χ4v) is 3.88. The van der Waals surface area contributed by atoms with Crippen LogP contribution in [0.15, 0.2) is 23.8 Å². The van der Waals surface area contributed by atoms with Crippen molar-refractivity contribution in [3.63, 3.8) is 0 Å². The Kier molecular flexibility index (Phi) is 7.77. The van der Waals surface area contributed by atoms with Gasteiger partial charge in [0.05, 0.1) is 0 Å². The summed E-state index contributed by atoms with van der Waals surface area (Å²) in [6.07, 6.45) is 9.88. The summed E-state index contributed by atoms with van der Waals surface area (Å²) >= 11 is 0. The van der Waals surface area contributed by atoms with Crippen molar-refractivity contribution in [1.82, 2.24) is 0 Å². The van der Waals surface area contributed by atoms with Crippen LogP contribution in [0.3, 0.4) is 0 Å². The molecule has 0 heteroatoms. The molecule has 0 radical (unpaired) electrons. The molecular formula is C24H40. The molecule has 1 unspecified atom stereocenters. The molecule has 0 aliphatic heterocycles. The highest BCUT2D eigenvalue weighted by atomic mass is 14.3. The van der Waals surface area contributed by atoms with Crippen LogP contribution in [0.1, 0.15) is 104 Å². The molecule has 136 valence electrons. The first-order valence-corrected chi connectivity index (χ1v) is 10.3. The summed E-state index contributed by atoms with van der Waals surface area (Å²) in [7, 11) is 0. The molecule has 1 aliphatic rings.